The SMILES string of the molecule is OC(c1ccccc1)c1nc(-c2ccc(F)c(Cl)c2)cs1. The van der Waals surface area contributed by atoms with E-state index in [1.807, 2.05) is 35.7 Å². The third kappa shape index (κ3) is 2.97. The summed E-state index contributed by atoms with van der Waals surface area (Å²) in [7, 11) is 0. The highest BCUT2D eigenvalue weighted by atomic mass is 35.5. The second-order valence-electron chi connectivity index (χ2n) is 4.51. The van der Waals surface area contributed by atoms with Crippen molar-refractivity contribution in [2.45, 2.75) is 6.10 Å². The first kappa shape index (κ1) is 14.2. The molecular weight excluding hydrogens is 309 g/mol. The summed E-state index contributed by atoms with van der Waals surface area (Å²) in [5.74, 6) is -0.458. The zero-order valence-corrected chi connectivity index (χ0v) is 12.4. The van der Waals surface area contributed by atoms with Crippen LogP contribution in [0.1, 0.15) is 16.7 Å². The molecule has 0 aliphatic rings. The zero-order chi connectivity index (χ0) is 14.8. The molecule has 1 aromatic heterocycles. The van der Waals surface area contributed by atoms with Gasteiger partial charge in [0.15, 0.2) is 0 Å². The molecular formula is C16H11ClFNOS. The van der Waals surface area contributed by atoms with Gasteiger partial charge in [-0.3, -0.25) is 0 Å². The van der Waals surface area contributed by atoms with Crippen LogP contribution in [0.4, 0.5) is 4.39 Å². The van der Waals surface area contributed by atoms with Crippen LogP contribution in [0.5, 0.6) is 0 Å². The topological polar surface area (TPSA) is 33.1 Å². The minimum atomic E-state index is -0.763. The monoisotopic (exact) mass is 319 g/mol. The van der Waals surface area contributed by atoms with Crippen molar-refractivity contribution in [1.29, 1.82) is 0 Å². The highest BCUT2D eigenvalue weighted by Crippen LogP contribution is 2.30. The number of hydrogen-bond acceptors (Lipinski definition) is 3. The fourth-order valence-electron chi connectivity index (χ4n) is 1.98. The van der Waals surface area contributed by atoms with Crippen LogP contribution in [0, 0.1) is 5.82 Å². The van der Waals surface area contributed by atoms with Gasteiger partial charge in [-0.05, 0) is 23.8 Å². The molecule has 0 bridgehead atoms. The molecule has 106 valence electrons. The molecule has 0 saturated carbocycles. The molecule has 5 heteroatoms. The third-order valence-electron chi connectivity index (χ3n) is 3.09. The summed E-state index contributed by atoms with van der Waals surface area (Å²) in [6.45, 7) is 0. The lowest BCUT2D eigenvalue weighted by Crippen LogP contribution is -1.98. The van der Waals surface area contributed by atoms with Crippen molar-refractivity contribution in [3.05, 3.63) is 75.3 Å². The first-order valence-electron chi connectivity index (χ1n) is 6.29. The summed E-state index contributed by atoms with van der Waals surface area (Å²) in [5, 5.41) is 12.8. The minimum Gasteiger partial charge on any atom is -0.381 e. The molecule has 1 N–H and O–H groups in total. The maximum absolute atomic E-state index is 13.2. The van der Waals surface area contributed by atoms with Crippen molar-refractivity contribution >= 4 is 22.9 Å². The Kier molecular flexibility index (Phi) is 4.01. The summed E-state index contributed by atoms with van der Waals surface area (Å²) in [4.78, 5) is 4.42. The van der Waals surface area contributed by atoms with E-state index >= 15 is 0 Å². The van der Waals surface area contributed by atoms with Crippen molar-refractivity contribution in [2.75, 3.05) is 0 Å². The number of hydrogen-bond donors (Lipinski definition) is 1. The van der Waals surface area contributed by atoms with Crippen LogP contribution in [0.15, 0.2) is 53.9 Å². The van der Waals surface area contributed by atoms with Gasteiger partial charge in [-0.1, -0.05) is 41.9 Å². The van der Waals surface area contributed by atoms with Gasteiger partial charge in [0, 0.05) is 10.9 Å². The highest BCUT2D eigenvalue weighted by molar-refractivity contribution is 7.10. The van der Waals surface area contributed by atoms with E-state index in [-0.39, 0.29) is 5.02 Å². The largest absolute Gasteiger partial charge is 0.381 e. The molecule has 2 nitrogen and oxygen atoms in total. The fourth-order valence-corrected chi connectivity index (χ4v) is 3.00. The standard InChI is InChI=1S/C16H11ClFNOS/c17-12-8-11(6-7-13(12)18)14-9-21-16(19-14)15(20)10-4-2-1-3-5-10/h1-9,15,20H. The molecule has 1 atom stereocenters. The van der Waals surface area contributed by atoms with Crippen LogP contribution in [-0.4, -0.2) is 10.1 Å². The van der Waals surface area contributed by atoms with E-state index < -0.39 is 11.9 Å². The number of thiazole rings is 1. The first-order chi connectivity index (χ1) is 10.1. The second-order valence-corrected chi connectivity index (χ2v) is 5.81. The van der Waals surface area contributed by atoms with Crippen molar-refractivity contribution < 1.29 is 9.50 Å². The number of benzene rings is 2. The van der Waals surface area contributed by atoms with Gasteiger partial charge in [-0.25, -0.2) is 9.37 Å². The van der Waals surface area contributed by atoms with Gasteiger partial charge in [0.25, 0.3) is 0 Å². The van der Waals surface area contributed by atoms with Gasteiger partial charge in [-0.15, -0.1) is 11.3 Å². The Morgan fingerprint density at radius 1 is 1.14 bits per heavy atom. The normalized spacial score (nSPS) is 12.3. The number of halogens is 2. The summed E-state index contributed by atoms with van der Waals surface area (Å²) in [6, 6.07) is 13.8. The van der Waals surface area contributed by atoms with Crippen LogP contribution < -0.4 is 0 Å². The maximum Gasteiger partial charge on any atom is 0.141 e. The summed E-state index contributed by atoms with van der Waals surface area (Å²) >= 11 is 7.14. The Hall–Kier alpha value is -1.75. The van der Waals surface area contributed by atoms with E-state index in [9.17, 15) is 9.50 Å². The zero-order valence-electron chi connectivity index (χ0n) is 10.8. The second kappa shape index (κ2) is 5.93. The van der Waals surface area contributed by atoms with Crippen molar-refractivity contribution in [3.63, 3.8) is 0 Å². The molecule has 2 aromatic carbocycles. The number of nitrogens with zero attached hydrogens (tertiary/aromatic N) is 1. The lowest BCUT2D eigenvalue weighted by atomic mass is 10.1. The first-order valence-corrected chi connectivity index (χ1v) is 7.55. The van der Waals surface area contributed by atoms with Crippen LogP contribution in [0.3, 0.4) is 0 Å². The molecule has 0 aliphatic heterocycles. The number of rotatable bonds is 3. The number of aromatic nitrogens is 1. The van der Waals surface area contributed by atoms with Crippen molar-refractivity contribution in [3.8, 4) is 11.3 Å². The Balaban J connectivity index is 1.91. The molecule has 0 radical (unpaired) electrons. The van der Waals surface area contributed by atoms with Crippen LogP contribution in [0.2, 0.25) is 5.02 Å². The van der Waals surface area contributed by atoms with E-state index in [0.29, 0.717) is 10.7 Å². The molecule has 3 aromatic rings. The predicted molar refractivity (Wildman–Crippen MR) is 83.0 cm³/mol. The van der Waals surface area contributed by atoms with E-state index in [4.69, 9.17) is 11.6 Å². The van der Waals surface area contributed by atoms with Crippen molar-refractivity contribution in [1.82, 2.24) is 4.98 Å². The molecule has 1 unspecified atom stereocenters. The van der Waals surface area contributed by atoms with Gasteiger partial charge in [0.05, 0.1) is 10.7 Å². The fraction of sp³-hybridized carbons (Fsp3) is 0.0625. The molecule has 0 aliphatic carbocycles. The molecule has 3 rings (SSSR count). The summed E-state index contributed by atoms with van der Waals surface area (Å²) in [5.41, 5.74) is 2.19. The number of aliphatic hydroxyl groups excluding tert-OH is 1. The van der Waals surface area contributed by atoms with E-state index in [2.05, 4.69) is 4.98 Å². The Bertz CT molecular complexity index is 760. The molecule has 21 heavy (non-hydrogen) atoms. The minimum absolute atomic E-state index is 0.0608. The number of aliphatic hydroxyl groups is 1. The summed E-state index contributed by atoms with van der Waals surface area (Å²) < 4.78 is 13.2. The summed E-state index contributed by atoms with van der Waals surface area (Å²) in [6.07, 6.45) is -0.763. The Morgan fingerprint density at radius 3 is 2.62 bits per heavy atom. The van der Waals surface area contributed by atoms with E-state index in [1.54, 1.807) is 6.07 Å². The third-order valence-corrected chi connectivity index (χ3v) is 4.27. The molecule has 1 heterocycles. The Labute approximate surface area is 130 Å². The van der Waals surface area contributed by atoms with Crippen LogP contribution >= 0.6 is 22.9 Å². The predicted octanol–water partition coefficient (Wildman–Crippen LogP) is 4.68. The quantitative estimate of drug-likeness (QED) is 0.760. The van der Waals surface area contributed by atoms with Gasteiger partial charge < -0.3 is 5.11 Å². The smallest absolute Gasteiger partial charge is 0.141 e. The van der Waals surface area contributed by atoms with E-state index in [0.717, 1.165) is 11.1 Å². The highest BCUT2D eigenvalue weighted by Gasteiger charge is 2.15. The Morgan fingerprint density at radius 2 is 1.90 bits per heavy atom. The van der Waals surface area contributed by atoms with Crippen LogP contribution in [-0.2, 0) is 0 Å². The van der Waals surface area contributed by atoms with Gasteiger partial charge in [0.2, 0.25) is 0 Å². The molecule has 0 spiro atoms. The van der Waals surface area contributed by atoms with E-state index in [1.165, 1.54) is 23.5 Å². The molecule has 0 amide bonds. The maximum atomic E-state index is 13.2. The lowest BCUT2D eigenvalue weighted by Gasteiger charge is -2.07. The van der Waals surface area contributed by atoms with Crippen molar-refractivity contribution in [2.24, 2.45) is 0 Å². The molecule has 0 saturated heterocycles. The van der Waals surface area contributed by atoms with Gasteiger partial charge in [0.1, 0.15) is 16.9 Å². The average Bonchev–Trinajstić information content (AvgIpc) is 3.00. The lowest BCUT2D eigenvalue weighted by molar-refractivity contribution is 0.220. The molecule has 0 fully saturated rings. The average molecular weight is 320 g/mol. The van der Waals surface area contributed by atoms with Crippen LogP contribution in [0.25, 0.3) is 11.3 Å². The van der Waals surface area contributed by atoms with Gasteiger partial charge in [-0.2, -0.15) is 0 Å². The van der Waals surface area contributed by atoms with Gasteiger partial charge >= 0.3 is 0 Å².